The van der Waals surface area contributed by atoms with E-state index in [0.717, 1.165) is 6.07 Å². The number of carbonyl (C=O) groups is 1. The first-order valence-corrected chi connectivity index (χ1v) is 9.91. The lowest BCUT2D eigenvalue weighted by molar-refractivity contribution is 0.0714. The van der Waals surface area contributed by atoms with Crippen molar-refractivity contribution in [3.8, 4) is 5.75 Å². The van der Waals surface area contributed by atoms with Gasteiger partial charge in [0.25, 0.3) is 5.91 Å². The number of fused-ring (bicyclic) bond motifs is 2. The molecular weight excluding hydrogens is 421 g/mol. The Morgan fingerprint density at radius 1 is 1.03 bits per heavy atom. The van der Waals surface area contributed by atoms with E-state index in [1.165, 1.54) is 29.2 Å². The summed E-state index contributed by atoms with van der Waals surface area (Å²) in [6.07, 6.45) is 0. The Balaban J connectivity index is 1.74. The maximum atomic E-state index is 13.8. The van der Waals surface area contributed by atoms with Gasteiger partial charge in [0.15, 0.2) is 5.43 Å². The van der Waals surface area contributed by atoms with Gasteiger partial charge in [-0.05, 0) is 47.5 Å². The van der Waals surface area contributed by atoms with E-state index >= 15 is 0 Å². The van der Waals surface area contributed by atoms with Crippen molar-refractivity contribution in [2.45, 2.75) is 12.6 Å². The van der Waals surface area contributed by atoms with Gasteiger partial charge in [0.05, 0.1) is 17.0 Å². The van der Waals surface area contributed by atoms with Crippen molar-refractivity contribution in [1.29, 1.82) is 0 Å². The van der Waals surface area contributed by atoms with Crippen molar-refractivity contribution in [3.05, 3.63) is 110 Å². The van der Waals surface area contributed by atoms with Crippen molar-refractivity contribution in [3.63, 3.8) is 0 Å². The Morgan fingerprint density at radius 2 is 1.77 bits per heavy atom. The Labute approximate surface area is 180 Å². The molecule has 154 valence electrons. The first-order valence-electron chi connectivity index (χ1n) is 9.53. The van der Waals surface area contributed by atoms with Gasteiger partial charge < -0.3 is 14.4 Å². The highest BCUT2D eigenvalue weighted by Crippen LogP contribution is 2.40. The molecule has 1 amide bonds. The lowest BCUT2D eigenvalue weighted by atomic mass is 9.98. The van der Waals surface area contributed by atoms with E-state index in [1.54, 1.807) is 30.3 Å². The average molecular weight is 436 g/mol. The summed E-state index contributed by atoms with van der Waals surface area (Å²) in [5.41, 5.74) is 1.13. The highest BCUT2D eigenvalue weighted by atomic mass is 35.5. The minimum absolute atomic E-state index is 0.0542. The Kier molecular flexibility index (Phi) is 4.52. The van der Waals surface area contributed by atoms with Gasteiger partial charge in [-0.15, -0.1) is 0 Å². The molecule has 5 rings (SSSR count). The molecule has 0 saturated carbocycles. The van der Waals surface area contributed by atoms with Gasteiger partial charge in [0.1, 0.15) is 17.1 Å². The van der Waals surface area contributed by atoms with Crippen molar-refractivity contribution in [2.75, 3.05) is 0 Å². The van der Waals surface area contributed by atoms with Crippen molar-refractivity contribution >= 4 is 28.5 Å². The second-order valence-electron chi connectivity index (χ2n) is 7.33. The predicted octanol–water partition coefficient (Wildman–Crippen LogP) is 5.04. The highest BCUT2D eigenvalue weighted by Gasteiger charge is 2.42. The normalized spacial score (nSPS) is 15.5. The quantitative estimate of drug-likeness (QED) is 0.489. The van der Waals surface area contributed by atoms with Crippen LogP contribution >= 0.6 is 11.6 Å². The van der Waals surface area contributed by atoms with E-state index in [9.17, 15) is 19.1 Å². The van der Waals surface area contributed by atoms with Gasteiger partial charge in [-0.2, -0.15) is 0 Å². The highest BCUT2D eigenvalue weighted by molar-refractivity contribution is 6.31. The van der Waals surface area contributed by atoms with E-state index < -0.39 is 23.2 Å². The number of halogens is 2. The number of nitrogens with zero attached hydrogens (tertiary/aromatic N) is 1. The molecule has 1 atom stereocenters. The van der Waals surface area contributed by atoms with Crippen LogP contribution in [0.15, 0.2) is 75.9 Å². The molecule has 2 heterocycles. The van der Waals surface area contributed by atoms with Crippen LogP contribution in [0.4, 0.5) is 4.39 Å². The molecule has 1 N–H and O–H groups in total. The SMILES string of the molecule is O=C1c2oc3ccc(F)cc3c(=O)c2C(c2ccc(O)cc2)N1Cc1ccccc1Cl. The minimum atomic E-state index is -0.775. The third-order valence-electron chi connectivity index (χ3n) is 5.44. The van der Waals surface area contributed by atoms with Gasteiger partial charge in [-0.25, -0.2) is 4.39 Å². The Morgan fingerprint density at radius 3 is 2.52 bits per heavy atom. The number of benzene rings is 3. The molecule has 0 bridgehead atoms. The molecule has 5 nitrogen and oxygen atoms in total. The molecule has 1 unspecified atom stereocenters. The Bertz CT molecular complexity index is 1400. The van der Waals surface area contributed by atoms with Gasteiger partial charge >= 0.3 is 0 Å². The molecule has 0 spiro atoms. The van der Waals surface area contributed by atoms with Crippen LogP contribution in [0.1, 0.15) is 33.3 Å². The Hall–Kier alpha value is -3.64. The smallest absolute Gasteiger partial charge is 0.291 e. The second-order valence-corrected chi connectivity index (χ2v) is 7.74. The number of phenols is 1. The number of carbonyl (C=O) groups excluding carboxylic acids is 1. The fraction of sp³-hybridized carbons (Fsp3) is 0.0833. The van der Waals surface area contributed by atoms with E-state index in [4.69, 9.17) is 16.0 Å². The standard InChI is InChI=1S/C24H15ClFNO4/c25-18-4-2-1-3-14(18)12-27-21(13-5-8-16(28)9-6-13)20-22(29)17-11-15(26)7-10-19(17)31-23(20)24(27)30/h1-11,21,28H,12H2. The van der Waals surface area contributed by atoms with Crippen LogP contribution in [0.25, 0.3) is 11.0 Å². The molecule has 0 radical (unpaired) electrons. The van der Waals surface area contributed by atoms with Crippen LogP contribution in [-0.2, 0) is 6.54 Å². The van der Waals surface area contributed by atoms with Crippen LogP contribution in [0, 0.1) is 5.82 Å². The number of aromatic hydroxyl groups is 1. The fourth-order valence-corrected chi connectivity index (χ4v) is 4.16. The lowest BCUT2D eigenvalue weighted by Crippen LogP contribution is -2.29. The van der Waals surface area contributed by atoms with Crippen molar-refractivity contribution < 1.29 is 18.7 Å². The zero-order chi connectivity index (χ0) is 21.7. The number of hydrogen-bond donors (Lipinski definition) is 1. The topological polar surface area (TPSA) is 70.8 Å². The maximum Gasteiger partial charge on any atom is 0.291 e. The van der Waals surface area contributed by atoms with Crippen LogP contribution in [0.2, 0.25) is 5.02 Å². The lowest BCUT2D eigenvalue weighted by Gasteiger charge is -2.25. The molecule has 1 aromatic heterocycles. The summed E-state index contributed by atoms with van der Waals surface area (Å²) in [5.74, 6) is -1.05. The average Bonchev–Trinajstić information content (AvgIpc) is 3.03. The third-order valence-corrected chi connectivity index (χ3v) is 5.80. The third kappa shape index (κ3) is 3.16. The number of phenolic OH excluding ortho intramolecular Hbond substituents is 1. The largest absolute Gasteiger partial charge is 0.508 e. The number of hydrogen-bond acceptors (Lipinski definition) is 4. The van der Waals surface area contributed by atoms with E-state index in [0.29, 0.717) is 16.1 Å². The van der Waals surface area contributed by atoms with Crippen molar-refractivity contribution in [1.82, 2.24) is 4.90 Å². The number of rotatable bonds is 3. The first kappa shape index (κ1) is 19.3. The summed E-state index contributed by atoms with van der Waals surface area (Å²) in [4.78, 5) is 28.2. The second kappa shape index (κ2) is 7.25. The maximum absolute atomic E-state index is 13.8. The summed E-state index contributed by atoms with van der Waals surface area (Å²) in [6, 6.07) is 16.2. The first-order chi connectivity index (χ1) is 14.9. The molecule has 1 aliphatic rings. The summed E-state index contributed by atoms with van der Waals surface area (Å²) < 4.78 is 19.6. The van der Waals surface area contributed by atoms with E-state index in [-0.39, 0.29) is 34.6 Å². The molecule has 31 heavy (non-hydrogen) atoms. The molecular formula is C24H15ClFNO4. The van der Waals surface area contributed by atoms with Crippen LogP contribution in [-0.4, -0.2) is 15.9 Å². The van der Waals surface area contributed by atoms with Crippen LogP contribution < -0.4 is 5.43 Å². The van der Waals surface area contributed by atoms with Gasteiger partial charge in [0.2, 0.25) is 5.76 Å². The van der Waals surface area contributed by atoms with E-state index in [1.807, 2.05) is 6.07 Å². The van der Waals surface area contributed by atoms with Gasteiger partial charge in [-0.3, -0.25) is 9.59 Å². The molecule has 0 saturated heterocycles. The molecule has 7 heteroatoms. The molecule has 1 aliphatic heterocycles. The monoisotopic (exact) mass is 435 g/mol. The van der Waals surface area contributed by atoms with Crippen molar-refractivity contribution in [2.24, 2.45) is 0 Å². The van der Waals surface area contributed by atoms with Crippen LogP contribution in [0.3, 0.4) is 0 Å². The number of amides is 1. The predicted molar refractivity (Wildman–Crippen MR) is 114 cm³/mol. The van der Waals surface area contributed by atoms with Gasteiger partial charge in [0, 0.05) is 11.6 Å². The van der Waals surface area contributed by atoms with Gasteiger partial charge in [-0.1, -0.05) is 41.9 Å². The summed E-state index contributed by atoms with van der Waals surface area (Å²) in [7, 11) is 0. The molecule has 4 aromatic rings. The zero-order valence-electron chi connectivity index (χ0n) is 16.0. The zero-order valence-corrected chi connectivity index (χ0v) is 16.8. The van der Waals surface area contributed by atoms with E-state index in [2.05, 4.69) is 0 Å². The fourth-order valence-electron chi connectivity index (χ4n) is 3.97. The van der Waals surface area contributed by atoms with Crippen LogP contribution in [0.5, 0.6) is 5.75 Å². The molecule has 0 fully saturated rings. The summed E-state index contributed by atoms with van der Waals surface area (Å²) in [6.45, 7) is 0.137. The molecule has 0 aliphatic carbocycles. The minimum Gasteiger partial charge on any atom is -0.508 e. The molecule has 3 aromatic carbocycles. The summed E-state index contributed by atoms with van der Waals surface area (Å²) >= 11 is 6.31. The summed E-state index contributed by atoms with van der Waals surface area (Å²) in [5, 5.41) is 10.2.